The number of ether oxygens (including phenoxy) is 2. The lowest BCUT2D eigenvalue weighted by Gasteiger charge is -2.06. The fourth-order valence-corrected chi connectivity index (χ4v) is 1.18. The van der Waals surface area contributed by atoms with Crippen LogP contribution < -0.4 is 11.3 Å². The summed E-state index contributed by atoms with van der Waals surface area (Å²) in [5, 5.41) is 0. The van der Waals surface area contributed by atoms with Crippen LogP contribution in [0.25, 0.3) is 0 Å². The first-order valence-electron chi connectivity index (χ1n) is 4.40. The lowest BCUT2D eigenvalue weighted by molar-refractivity contribution is 0.0599. The van der Waals surface area contributed by atoms with Gasteiger partial charge in [-0.2, -0.15) is 0 Å². The van der Waals surface area contributed by atoms with Gasteiger partial charge in [-0.25, -0.2) is 9.59 Å². The summed E-state index contributed by atoms with van der Waals surface area (Å²) < 4.78 is 9.09. The Morgan fingerprint density at radius 2 is 1.47 bits per heavy atom. The minimum atomic E-state index is -0.553. The van der Waals surface area contributed by atoms with E-state index in [4.69, 9.17) is 5.84 Å². The average Bonchev–Trinajstić information content (AvgIpc) is 2.35. The van der Waals surface area contributed by atoms with Gasteiger partial charge in [-0.1, -0.05) is 0 Å². The second-order valence-corrected chi connectivity index (χ2v) is 2.93. The molecule has 0 radical (unpaired) electrons. The molecule has 94 valence electrons. The molecule has 6 nitrogen and oxygen atoms in total. The van der Waals surface area contributed by atoms with Crippen LogP contribution in [0.1, 0.15) is 20.7 Å². The summed E-state index contributed by atoms with van der Waals surface area (Å²) in [6.07, 6.45) is 0. The monoisotopic (exact) mass is 260 g/mol. The Kier molecular flexibility index (Phi) is 6.01. The summed E-state index contributed by atoms with van der Waals surface area (Å²) in [6.45, 7) is 0. The topological polar surface area (TPSA) is 90.6 Å². The Labute approximate surface area is 104 Å². The number of hydrogen-bond acceptors (Lipinski definition) is 6. The van der Waals surface area contributed by atoms with Gasteiger partial charge in [-0.05, 0) is 18.2 Å². The molecule has 0 aliphatic carbocycles. The standard InChI is InChI=1S/C10H12N2O4.ClH/c1-15-9(13)6-3-7(10(14)16-2)5-8(4-6)12-11;/h3-5,12H,11H2,1-2H3;1H. The largest absolute Gasteiger partial charge is 0.465 e. The van der Waals surface area contributed by atoms with Gasteiger partial charge in [-0.15, -0.1) is 12.4 Å². The normalized spacial score (nSPS) is 8.88. The molecule has 0 aromatic heterocycles. The third kappa shape index (κ3) is 3.61. The van der Waals surface area contributed by atoms with Crippen molar-refractivity contribution in [2.45, 2.75) is 0 Å². The highest BCUT2D eigenvalue weighted by Gasteiger charge is 2.13. The van der Waals surface area contributed by atoms with E-state index in [-0.39, 0.29) is 23.5 Å². The minimum Gasteiger partial charge on any atom is -0.465 e. The van der Waals surface area contributed by atoms with Gasteiger partial charge in [0.25, 0.3) is 0 Å². The van der Waals surface area contributed by atoms with E-state index in [1.54, 1.807) is 0 Å². The van der Waals surface area contributed by atoms with Gasteiger partial charge in [0.1, 0.15) is 0 Å². The second-order valence-electron chi connectivity index (χ2n) is 2.93. The van der Waals surface area contributed by atoms with Gasteiger partial charge in [0.05, 0.1) is 31.0 Å². The van der Waals surface area contributed by atoms with Crippen LogP contribution in [0.3, 0.4) is 0 Å². The van der Waals surface area contributed by atoms with Crippen molar-refractivity contribution in [1.29, 1.82) is 0 Å². The first kappa shape index (κ1) is 15.2. The quantitative estimate of drug-likeness (QED) is 0.478. The summed E-state index contributed by atoms with van der Waals surface area (Å²) >= 11 is 0. The summed E-state index contributed by atoms with van der Waals surface area (Å²) in [5.74, 6) is 4.11. The Bertz CT molecular complexity index is 389. The van der Waals surface area contributed by atoms with Crippen molar-refractivity contribution in [2.75, 3.05) is 19.6 Å². The first-order chi connectivity index (χ1) is 7.62. The SMILES string of the molecule is COC(=O)c1cc(NN)cc(C(=O)OC)c1.Cl. The molecule has 0 spiro atoms. The molecule has 3 N–H and O–H groups in total. The maximum Gasteiger partial charge on any atom is 0.337 e. The van der Waals surface area contributed by atoms with Crippen LogP contribution in [0.15, 0.2) is 18.2 Å². The molecule has 1 aromatic carbocycles. The number of benzene rings is 1. The predicted octanol–water partition coefficient (Wildman–Crippen LogP) is 0.967. The fourth-order valence-electron chi connectivity index (χ4n) is 1.18. The number of nitrogens with one attached hydrogen (secondary N) is 1. The number of halogens is 1. The smallest absolute Gasteiger partial charge is 0.337 e. The summed E-state index contributed by atoms with van der Waals surface area (Å²) in [5.41, 5.74) is 3.21. The molecule has 0 heterocycles. The number of carbonyl (C=O) groups excluding carboxylic acids is 2. The Hall–Kier alpha value is -1.79. The van der Waals surface area contributed by atoms with Crippen LogP contribution in [-0.4, -0.2) is 26.2 Å². The van der Waals surface area contributed by atoms with Gasteiger partial charge in [0.2, 0.25) is 0 Å². The maximum atomic E-state index is 11.3. The van der Waals surface area contributed by atoms with E-state index < -0.39 is 11.9 Å². The third-order valence-electron chi connectivity index (χ3n) is 1.94. The number of hydrazine groups is 1. The molecule has 0 aliphatic rings. The molecule has 17 heavy (non-hydrogen) atoms. The van der Waals surface area contributed by atoms with Gasteiger partial charge in [0, 0.05) is 0 Å². The molecule has 0 fully saturated rings. The molecule has 0 amide bonds. The molecular formula is C10H13ClN2O4. The number of esters is 2. The minimum absolute atomic E-state index is 0. The van der Waals surface area contributed by atoms with Crippen LogP contribution in [0.4, 0.5) is 5.69 Å². The zero-order chi connectivity index (χ0) is 12.1. The highest BCUT2D eigenvalue weighted by atomic mass is 35.5. The van der Waals surface area contributed by atoms with E-state index in [0.29, 0.717) is 5.69 Å². The number of nitrogen functional groups attached to an aromatic ring is 1. The van der Waals surface area contributed by atoms with E-state index in [9.17, 15) is 9.59 Å². The van der Waals surface area contributed by atoms with Crippen LogP contribution in [0.2, 0.25) is 0 Å². The van der Waals surface area contributed by atoms with E-state index in [0.717, 1.165) is 0 Å². The Morgan fingerprint density at radius 3 is 1.76 bits per heavy atom. The van der Waals surface area contributed by atoms with E-state index in [2.05, 4.69) is 14.9 Å². The molecule has 7 heteroatoms. The number of rotatable bonds is 3. The lowest BCUT2D eigenvalue weighted by atomic mass is 10.1. The third-order valence-corrected chi connectivity index (χ3v) is 1.94. The molecule has 1 rings (SSSR count). The summed E-state index contributed by atoms with van der Waals surface area (Å²) in [7, 11) is 2.51. The molecule has 0 atom stereocenters. The second kappa shape index (κ2) is 6.72. The zero-order valence-electron chi connectivity index (χ0n) is 9.35. The van der Waals surface area contributed by atoms with Gasteiger partial charge in [-0.3, -0.25) is 5.84 Å². The molecule has 0 bridgehead atoms. The van der Waals surface area contributed by atoms with E-state index in [1.807, 2.05) is 0 Å². The zero-order valence-corrected chi connectivity index (χ0v) is 10.2. The Morgan fingerprint density at radius 1 is 1.06 bits per heavy atom. The average molecular weight is 261 g/mol. The molecule has 0 unspecified atom stereocenters. The first-order valence-corrected chi connectivity index (χ1v) is 4.40. The van der Waals surface area contributed by atoms with E-state index >= 15 is 0 Å². The highest BCUT2D eigenvalue weighted by Crippen LogP contribution is 2.15. The summed E-state index contributed by atoms with van der Waals surface area (Å²) in [4.78, 5) is 22.6. The highest BCUT2D eigenvalue weighted by molar-refractivity contribution is 5.96. The molecule has 0 saturated carbocycles. The number of hydrogen-bond donors (Lipinski definition) is 2. The number of nitrogens with two attached hydrogens (primary N) is 1. The number of anilines is 1. The van der Waals surface area contributed by atoms with Crippen molar-refractivity contribution in [1.82, 2.24) is 0 Å². The predicted molar refractivity (Wildman–Crippen MR) is 64.2 cm³/mol. The molecule has 1 aromatic rings. The molecular weight excluding hydrogens is 248 g/mol. The van der Waals surface area contributed by atoms with Crippen molar-refractivity contribution in [3.05, 3.63) is 29.3 Å². The maximum absolute atomic E-state index is 11.3. The number of carbonyl (C=O) groups is 2. The van der Waals surface area contributed by atoms with Crippen LogP contribution in [-0.2, 0) is 9.47 Å². The van der Waals surface area contributed by atoms with Crippen LogP contribution in [0.5, 0.6) is 0 Å². The lowest BCUT2D eigenvalue weighted by Crippen LogP contribution is -2.11. The van der Waals surface area contributed by atoms with Crippen molar-refractivity contribution in [3.8, 4) is 0 Å². The van der Waals surface area contributed by atoms with Gasteiger partial charge in [0.15, 0.2) is 0 Å². The van der Waals surface area contributed by atoms with Gasteiger partial charge < -0.3 is 14.9 Å². The Balaban J connectivity index is 0.00000256. The van der Waals surface area contributed by atoms with Crippen molar-refractivity contribution < 1.29 is 19.1 Å². The van der Waals surface area contributed by atoms with Crippen molar-refractivity contribution in [3.63, 3.8) is 0 Å². The van der Waals surface area contributed by atoms with Gasteiger partial charge >= 0.3 is 11.9 Å². The fraction of sp³-hybridized carbons (Fsp3) is 0.200. The van der Waals surface area contributed by atoms with Crippen LogP contribution >= 0.6 is 12.4 Å². The number of methoxy groups -OCH3 is 2. The van der Waals surface area contributed by atoms with E-state index in [1.165, 1.54) is 32.4 Å². The molecule has 0 saturated heterocycles. The molecule has 0 aliphatic heterocycles. The van der Waals surface area contributed by atoms with Crippen molar-refractivity contribution >= 4 is 30.0 Å². The van der Waals surface area contributed by atoms with Crippen molar-refractivity contribution in [2.24, 2.45) is 5.84 Å². The summed E-state index contributed by atoms with van der Waals surface area (Å²) in [6, 6.07) is 4.31. The van der Waals surface area contributed by atoms with Crippen LogP contribution in [0, 0.1) is 0 Å².